The van der Waals surface area contributed by atoms with Crippen LogP contribution in [0.1, 0.15) is 119 Å². The number of nitrogens with two attached hydrogens (primary N) is 2. The second-order valence-corrected chi connectivity index (χ2v) is 20.1. The summed E-state index contributed by atoms with van der Waals surface area (Å²) in [7, 11) is 0. The van der Waals surface area contributed by atoms with Crippen LogP contribution in [-0.2, 0) is 57.5 Å². The molecule has 0 aliphatic carbocycles. The van der Waals surface area contributed by atoms with Gasteiger partial charge in [-0.3, -0.25) is 47.9 Å². The molecular formula is C49H83N11O17. The third-order valence-electron chi connectivity index (χ3n) is 12.1. The lowest BCUT2D eigenvalue weighted by Crippen LogP contribution is -2.62. The lowest BCUT2D eigenvalue weighted by Gasteiger charge is -2.31. The lowest BCUT2D eigenvalue weighted by atomic mass is 10.00. The summed E-state index contributed by atoms with van der Waals surface area (Å²) in [6.07, 6.45) is -1.28. The number of carboxylic acid groups (broad SMARTS) is 2. The van der Waals surface area contributed by atoms with Crippen molar-refractivity contribution in [1.82, 2.24) is 47.4 Å². The first-order valence-corrected chi connectivity index (χ1v) is 25.8. The van der Waals surface area contributed by atoms with Crippen LogP contribution in [0.15, 0.2) is 12.7 Å². The second kappa shape index (κ2) is 34.7. The molecule has 436 valence electrons. The minimum atomic E-state index is -1.69. The van der Waals surface area contributed by atoms with Crippen LogP contribution in [-0.4, -0.2) is 183 Å². The van der Waals surface area contributed by atoms with Gasteiger partial charge in [0.15, 0.2) is 0 Å². The quantitative estimate of drug-likeness (QED) is 0.0221. The Morgan fingerprint density at radius 1 is 0.662 bits per heavy atom. The van der Waals surface area contributed by atoms with E-state index in [0.717, 1.165) is 4.90 Å². The highest BCUT2D eigenvalue weighted by Gasteiger charge is 2.41. The Labute approximate surface area is 448 Å². The van der Waals surface area contributed by atoms with Crippen molar-refractivity contribution < 1.29 is 82.7 Å². The molecule has 1 aliphatic rings. The zero-order valence-corrected chi connectivity index (χ0v) is 45.1. The molecule has 1 aliphatic heterocycles. The number of carbonyl (C=O) groups excluding carboxylic acids is 10. The second-order valence-electron chi connectivity index (χ2n) is 20.1. The van der Waals surface area contributed by atoms with Gasteiger partial charge in [-0.1, -0.05) is 54.2 Å². The van der Waals surface area contributed by atoms with Crippen LogP contribution in [0, 0.1) is 17.8 Å². The van der Waals surface area contributed by atoms with Crippen molar-refractivity contribution >= 4 is 71.2 Å². The summed E-state index contributed by atoms with van der Waals surface area (Å²) in [5, 5.41) is 59.7. The molecule has 0 bridgehead atoms. The van der Waals surface area contributed by atoms with Gasteiger partial charge in [-0.05, 0) is 82.5 Å². The summed E-state index contributed by atoms with van der Waals surface area (Å²) in [5.74, 6) is -11.8. The van der Waals surface area contributed by atoms with E-state index in [9.17, 15) is 72.9 Å². The highest BCUT2D eigenvalue weighted by atomic mass is 16.5. The van der Waals surface area contributed by atoms with Crippen molar-refractivity contribution in [2.75, 3.05) is 26.3 Å². The highest BCUT2D eigenvalue weighted by molar-refractivity contribution is 5.98. The van der Waals surface area contributed by atoms with E-state index in [4.69, 9.17) is 21.3 Å². The van der Waals surface area contributed by atoms with Crippen molar-refractivity contribution in [2.45, 2.75) is 180 Å². The van der Waals surface area contributed by atoms with Crippen molar-refractivity contribution in [2.24, 2.45) is 29.2 Å². The third kappa shape index (κ3) is 25.2. The van der Waals surface area contributed by atoms with Crippen molar-refractivity contribution in [3.05, 3.63) is 12.7 Å². The number of aliphatic carboxylic acids is 2. The number of carboxylic acids is 2. The number of amides is 10. The molecule has 28 heteroatoms. The van der Waals surface area contributed by atoms with Crippen LogP contribution in [0.2, 0.25) is 0 Å². The Morgan fingerprint density at radius 3 is 1.73 bits per heavy atom. The van der Waals surface area contributed by atoms with Crippen LogP contribution in [0.25, 0.3) is 0 Å². The Morgan fingerprint density at radius 2 is 1.19 bits per heavy atom. The maximum atomic E-state index is 14.0. The number of primary amides is 1. The number of nitrogens with zero attached hydrogens (tertiary/aromatic N) is 1. The van der Waals surface area contributed by atoms with Gasteiger partial charge >= 0.3 is 18.0 Å². The minimum Gasteiger partial charge on any atom is -0.481 e. The standard InChI is InChI=1S/C49H83N11O17/c1-9-21-77-49(76)52-19-11-10-13-31(48(74)75)54-42(68)32(22-25(2)3)56-46(72)39(28(8)62)59-43(69)33(23-26(4)5)55-44(70)35-14-12-20-60(35)47(73)34(24-61)57-45(71)38(27(6)7)58-41(67)30(16-17-36(51)63)53-40(66)29(50)15-18-37(64)65/h9,25-35,38-39,61-62H,1,10-24,50H2,2-8H3,(H2,51,63)(H,52,76)(H,53,66)(H,54,68)(H,55,70)(H,56,72)(H,57,71)(H,58,67)(H,59,69)(H,64,65)(H,74,75)/t28-,29+,30+,31+,32+,33+,34+,35+,38+,39+/m1/s1. The number of ether oxygens (including phenoxy) is 1. The van der Waals surface area contributed by atoms with Crippen LogP contribution < -0.4 is 54.0 Å². The van der Waals surface area contributed by atoms with E-state index in [1.165, 1.54) is 13.0 Å². The summed E-state index contributed by atoms with van der Waals surface area (Å²) in [6, 6.07) is -12.8. The first-order valence-electron chi connectivity index (χ1n) is 25.8. The number of aliphatic hydroxyl groups excluding tert-OH is 2. The molecule has 0 saturated carbocycles. The smallest absolute Gasteiger partial charge is 0.407 e. The average molecular weight is 1100 g/mol. The monoisotopic (exact) mass is 1100 g/mol. The number of carbonyl (C=O) groups is 12. The van der Waals surface area contributed by atoms with E-state index in [1.807, 2.05) is 0 Å². The van der Waals surface area contributed by atoms with Crippen molar-refractivity contribution in [3.63, 3.8) is 0 Å². The fourth-order valence-electron chi connectivity index (χ4n) is 7.96. The summed E-state index contributed by atoms with van der Waals surface area (Å²) in [5.41, 5.74) is 11.1. The van der Waals surface area contributed by atoms with Gasteiger partial charge < -0.3 is 84.1 Å². The van der Waals surface area contributed by atoms with Gasteiger partial charge in [-0.25, -0.2) is 9.59 Å². The van der Waals surface area contributed by atoms with Gasteiger partial charge in [-0.2, -0.15) is 0 Å². The molecule has 0 unspecified atom stereocenters. The molecule has 0 aromatic carbocycles. The number of rotatable bonds is 36. The molecule has 16 N–H and O–H groups in total. The van der Waals surface area contributed by atoms with E-state index >= 15 is 0 Å². The van der Waals surface area contributed by atoms with Gasteiger partial charge in [0.25, 0.3) is 0 Å². The molecule has 0 aromatic heterocycles. The van der Waals surface area contributed by atoms with Crippen molar-refractivity contribution in [3.8, 4) is 0 Å². The van der Waals surface area contributed by atoms with Gasteiger partial charge in [0.2, 0.25) is 53.2 Å². The summed E-state index contributed by atoms with van der Waals surface area (Å²) in [6.45, 7) is 13.9. The van der Waals surface area contributed by atoms with E-state index in [0.29, 0.717) is 6.42 Å². The summed E-state index contributed by atoms with van der Waals surface area (Å²) < 4.78 is 4.82. The molecule has 77 heavy (non-hydrogen) atoms. The van der Waals surface area contributed by atoms with Gasteiger partial charge in [0.05, 0.1) is 18.8 Å². The molecule has 1 rings (SSSR count). The fraction of sp³-hybridized carbons (Fsp3) is 0.714. The molecule has 1 heterocycles. The molecule has 1 saturated heterocycles. The zero-order chi connectivity index (χ0) is 58.7. The maximum Gasteiger partial charge on any atom is 0.407 e. The Bertz CT molecular complexity index is 2060. The van der Waals surface area contributed by atoms with Gasteiger partial charge in [0.1, 0.15) is 54.9 Å². The van der Waals surface area contributed by atoms with Gasteiger partial charge in [-0.15, -0.1) is 0 Å². The number of unbranched alkanes of at least 4 members (excludes halogenated alkanes) is 1. The van der Waals surface area contributed by atoms with E-state index in [1.54, 1.807) is 41.5 Å². The number of nitrogens with one attached hydrogen (secondary N) is 8. The average Bonchev–Trinajstić information content (AvgIpc) is 3.84. The van der Waals surface area contributed by atoms with Crippen LogP contribution in [0.3, 0.4) is 0 Å². The molecular weight excluding hydrogens is 1010 g/mol. The number of hydrogen-bond acceptors (Lipinski definition) is 16. The number of alkyl carbamates (subject to hydrolysis) is 1. The topological polar surface area (TPSA) is 447 Å². The molecule has 28 nitrogen and oxygen atoms in total. The number of hydrogen-bond donors (Lipinski definition) is 14. The van der Waals surface area contributed by atoms with Crippen LogP contribution in [0.4, 0.5) is 4.79 Å². The number of likely N-dealkylation sites (tertiary alicyclic amines) is 1. The maximum absolute atomic E-state index is 14.0. The van der Waals surface area contributed by atoms with E-state index in [-0.39, 0.29) is 89.3 Å². The predicted molar refractivity (Wildman–Crippen MR) is 275 cm³/mol. The SMILES string of the molecule is C=CCOC(=O)NCCCC[C@H](NC(=O)[C@H](CC(C)C)NC(=O)[C@@H](NC(=O)[C@H](CC(C)C)NC(=O)[C@@H]1CCCN1C(=O)[C@H](CO)NC(=O)[C@@H](NC(=O)[C@H](CCC(N)=O)NC(=O)[C@@H](N)CCC(=O)O)C(C)C)[C@@H](C)O)C(=O)O. The summed E-state index contributed by atoms with van der Waals surface area (Å²) in [4.78, 5) is 157. The van der Waals surface area contributed by atoms with E-state index < -0.39 is 151 Å². The first-order chi connectivity index (χ1) is 36.0. The first kappa shape index (κ1) is 68.1. The Balaban J connectivity index is 3.21. The highest BCUT2D eigenvalue weighted by Crippen LogP contribution is 2.20. The number of aliphatic hydroxyl groups is 2. The molecule has 10 amide bonds. The molecule has 10 atom stereocenters. The predicted octanol–water partition coefficient (Wildman–Crippen LogP) is -2.88. The molecule has 0 aromatic rings. The van der Waals surface area contributed by atoms with Crippen molar-refractivity contribution in [1.29, 1.82) is 0 Å². The lowest BCUT2D eigenvalue weighted by molar-refractivity contribution is -0.144. The largest absolute Gasteiger partial charge is 0.481 e. The van der Waals surface area contributed by atoms with Crippen LogP contribution >= 0.6 is 0 Å². The fourth-order valence-corrected chi connectivity index (χ4v) is 7.96. The van der Waals surface area contributed by atoms with Gasteiger partial charge in [0, 0.05) is 25.9 Å². The Kier molecular flexibility index (Phi) is 30.6. The summed E-state index contributed by atoms with van der Waals surface area (Å²) >= 11 is 0. The molecule has 0 radical (unpaired) electrons. The normalized spacial score (nSPS) is 16.7. The molecule has 0 spiro atoms. The van der Waals surface area contributed by atoms with E-state index in [2.05, 4.69) is 49.1 Å². The molecule has 1 fully saturated rings. The Hall–Kier alpha value is -6.94. The minimum absolute atomic E-state index is 0.000961. The zero-order valence-electron chi connectivity index (χ0n) is 45.1. The van der Waals surface area contributed by atoms with Crippen LogP contribution in [0.5, 0.6) is 0 Å². The third-order valence-corrected chi connectivity index (χ3v) is 12.1.